The van der Waals surface area contributed by atoms with E-state index < -0.39 is 17.9 Å². The average Bonchev–Trinajstić information content (AvgIpc) is 2.91. The van der Waals surface area contributed by atoms with Crippen molar-refractivity contribution in [3.8, 4) is 0 Å². The molecule has 19 heavy (non-hydrogen) atoms. The summed E-state index contributed by atoms with van der Waals surface area (Å²) in [6, 6.07) is 12.5. The second-order valence-corrected chi connectivity index (χ2v) is 4.86. The molecule has 0 amide bonds. The Hall–Kier alpha value is -2.14. The number of hydrogen-bond acceptors (Lipinski definition) is 4. The molecule has 5 heteroatoms. The van der Waals surface area contributed by atoms with Crippen LogP contribution in [0.5, 0.6) is 0 Å². The largest absolute Gasteiger partial charge is 0.480 e. The minimum Gasteiger partial charge on any atom is -0.480 e. The molecule has 0 saturated heterocycles. The van der Waals surface area contributed by atoms with Gasteiger partial charge in [0.15, 0.2) is 5.92 Å². The second-order valence-electron chi connectivity index (χ2n) is 3.88. The highest BCUT2D eigenvalue weighted by atomic mass is 32.1. The number of carbonyl (C=O) groups excluding carboxylic acids is 1. The first kappa shape index (κ1) is 13.3. The van der Waals surface area contributed by atoms with Crippen molar-refractivity contribution in [2.24, 2.45) is 0 Å². The van der Waals surface area contributed by atoms with Crippen molar-refractivity contribution < 1.29 is 19.4 Å². The van der Waals surface area contributed by atoms with Gasteiger partial charge >= 0.3 is 11.9 Å². The molecule has 0 fully saturated rings. The molecule has 0 saturated carbocycles. The third-order valence-electron chi connectivity index (χ3n) is 2.53. The summed E-state index contributed by atoms with van der Waals surface area (Å²) in [6.45, 7) is 0.0782. The van der Waals surface area contributed by atoms with Crippen LogP contribution in [-0.2, 0) is 20.9 Å². The van der Waals surface area contributed by atoms with E-state index in [1.54, 1.807) is 17.5 Å². The van der Waals surface area contributed by atoms with E-state index in [9.17, 15) is 9.59 Å². The molecule has 1 heterocycles. The van der Waals surface area contributed by atoms with Crippen LogP contribution in [0.4, 0.5) is 0 Å². The van der Waals surface area contributed by atoms with E-state index in [0.29, 0.717) is 4.88 Å². The monoisotopic (exact) mass is 276 g/mol. The van der Waals surface area contributed by atoms with E-state index in [2.05, 4.69) is 0 Å². The number of ether oxygens (including phenoxy) is 1. The fraction of sp³-hybridized carbons (Fsp3) is 0.143. The molecule has 1 aromatic heterocycles. The fourth-order valence-electron chi connectivity index (χ4n) is 1.61. The van der Waals surface area contributed by atoms with Crippen LogP contribution >= 0.6 is 11.3 Å². The molecule has 1 N–H and O–H groups in total. The Balaban J connectivity index is 2.03. The molecular formula is C14H12O4S. The molecule has 0 spiro atoms. The number of carboxylic acids is 1. The molecule has 2 aromatic rings. The van der Waals surface area contributed by atoms with Crippen LogP contribution in [0.3, 0.4) is 0 Å². The van der Waals surface area contributed by atoms with Crippen molar-refractivity contribution in [2.45, 2.75) is 12.5 Å². The lowest BCUT2D eigenvalue weighted by molar-refractivity contribution is -0.155. The third kappa shape index (κ3) is 3.42. The Morgan fingerprint density at radius 2 is 1.89 bits per heavy atom. The van der Waals surface area contributed by atoms with Gasteiger partial charge in [0.1, 0.15) is 6.61 Å². The maximum atomic E-state index is 11.9. The van der Waals surface area contributed by atoms with Crippen molar-refractivity contribution in [3.63, 3.8) is 0 Å². The Bertz CT molecular complexity index is 548. The number of carboxylic acid groups (broad SMARTS) is 1. The van der Waals surface area contributed by atoms with E-state index >= 15 is 0 Å². The predicted octanol–water partition coefficient (Wildman–Crippen LogP) is 2.66. The summed E-state index contributed by atoms with van der Waals surface area (Å²) in [6.07, 6.45) is 0. The van der Waals surface area contributed by atoms with Gasteiger partial charge in [-0.2, -0.15) is 0 Å². The number of carbonyl (C=O) groups is 2. The summed E-state index contributed by atoms with van der Waals surface area (Å²) >= 11 is 1.23. The van der Waals surface area contributed by atoms with Crippen LogP contribution in [-0.4, -0.2) is 17.0 Å². The van der Waals surface area contributed by atoms with Crippen LogP contribution in [0.2, 0.25) is 0 Å². The lowest BCUT2D eigenvalue weighted by Crippen LogP contribution is -2.22. The fourth-order valence-corrected chi connectivity index (χ4v) is 2.41. The normalized spacial score (nSPS) is 11.8. The number of thiophene rings is 1. The molecule has 0 bridgehead atoms. The van der Waals surface area contributed by atoms with Gasteiger partial charge < -0.3 is 9.84 Å². The van der Waals surface area contributed by atoms with Crippen LogP contribution in [0.1, 0.15) is 16.4 Å². The molecule has 0 aliphatic rings. The minimum absolute atomic E-state index is 0.0782. The molecular weight excluding hydrogens is 264 g/mol. The standard InChI is InChI=1S/C14H12O4S/c15-13(16)12(11-7-4-8-19-11)14(17)18-9-10-5-2-1-3-6-10/h1-8,12H,9H2,(H,15,16). The maximum Gasteiger partial charge on any atom is 0.326 e. The van der Waals surface area contributed by atoms with E-state index in [0.717, 1.165) is 5.56 Å². The SMILES string of the molecule is O=C(O)C(C(=O)OCc1ccccc1)c1cccs1. The van der Waals surface area contributed by atoms with Gasteiger partial charge in [-0.15, -0.1) is 11.3 Å². The van der Waals surface area contributed by atoms with E-state index in [1.165, 1.54) is 11.3 Å². The van der Waals surface area contributed by atoms with Crippen LogP contribution in [0, 0.1) is 0 Å². The molecule has 0 aliphatic carbocycles. The third-order valence-corrected chi connectivity index (χ3v) is 3.47. The highest BCUT2D eigenvalue weighted by molar-refractivity contribution is 7.10. The lowest BCUT2D eigenvalue weighted by Gasteiger charge is -2.10. The van der Waals surface area contributed by atoms with Gasteiger partial charge in [-0.05, 0) is 17.0 Å². The predicted molar refractivity (Wildman–Crippen MR) is 70.9 cm³/mol. The van der Waals surface area contributed by atoms with Crippen LogP contribution < -0.4 is 0 Å². The molecule has 1 unspecified atom stereocenters. The zero-order valence-electron chi connectivity index (χ0n) is 9.98. The van der Waals surface area contributed by atoms with E-state index in [-0.39, 0.29) is 6.61 Å². The van der Waals surface area contributed by atoms with Crippen molar-refractivity contribution in [3.05, 3.63) is 58.3 Å². The second kappa shape index (κ2) is 6.15. The van der Waals surface area contributed by atoms with Crippen molar-refractivity contribution in [2.75, 3.05) is 0 Å². The summed E-state index contributed by atoms with van der Waals surface area (Å²) in [4.78, 5) is 23.5. The van der Waals surface area contributed by atoms with Gasteiger partial charge in [-0.3, -0.25) is 9.59 Å². The number of hydrogen-bond donors (Lipinski definition) is 1. The van der Waals surface area contributed by atoms with E-state index in [4.69, 9.17) is 9.84 Å². The zero-order chi connectivity index (χ0) is 13.7. The van der Waals surface area contributed by atoms with E-state index in [1.807, 2.05) is 30.3 Å². The Labute approximate surface area is 114 Å². The average molecular weight is 276 g/mol. The molecule has 2 rings (SSSR count). The first-order chi connectivity index (χ1) is 9.18. The zero-order valence-corrected chi connectivity index (χ0v) is 10.8. The van der Waals surface area contributed by atoms with Gasteiger partial charge in [0.05, 0.1) is 0 Å². The topological polar surface area (TPSA) is 63.6 Å². The Morgan fingerprint density at radius 3 is 2.47 bits per heavy atom. The van der Waals surface area contributed by atoms with Crippen molar-refractivity contribution in [1.82, 2.24) is 0 Å². The minimum atomic E-state index is -1.25. The molecule has 0 aliphatic heterocycles. The molecule has 98 valence electrons. The summed E-state index contributed by atoms with van der Waals surface area (Å²) < 4.78 is 5.06. The maximum absolute atomic E-state index is 11.9. The Kier molecular flexibility index (Phi) is 4.30. The number of rotatable bonds is 5. The summed E-state index contributed by atoms with van der Waals surface area (Å²) in [5, 5.41) is 10.9. The highest BCUT2D eigenvalue weighted by Crippen LogP contribution is 2.23. The quantitative estimate of drug-likeness (QED) is 0.673. The highest BCUT2D eigenvalue weighted by Gasteiger charge is 2.30. The van der Waals surface area contributed by atoms with Crippen LogP contribution in [0.25, 0.3) is 0 Å². The van der Waals surface area contributed by atoms with Gasteiger partial charge in [0.2, 0.25) is 0 Å². The molecule has 4 nitrogen and oxygen atoms in total. The number of esters is 1. The van der Waals surface area contributed by atoms with Gasteiger partial charge in [-0.25, -0.2) is 0 Å². The first-order valence-corrected chi connectivity index (χ1v) is 6.53. The number of aliphatic carboxylic acids is 1. The summed E-state index contributed by atoms with van der Waals surface area (Å²) in [5.74, 6) is -3.18. The lowest BCUT2D eigenvalue weighted by atomic mass is 10.1. The summed E-state index contributed by atoms with van der Waals surface area (Å²) in [5.41, 5.74) is 0.825. The Morgan fingerprint density at radius 1 is 1.16 bits per heavy atom. The van der Waals surface area contributed by atoms with Gasteiger partial charge in [0, 0.05) is 4.88 Å². The smallest absolute Gasteiger partial charge is 0.326 e. The van der Waals surface area contributed by atoms with Crippen LogP contribution in [0.15, 0.2) is 47.8 Å². The van der Waals surface area contributed by atoms with Crippen molar-refractivity contribution >= 4 is 23.3 Å². The van der Waals surface area contributed by atoms with Crippen molar-refractivity contribution in [1.29, 1.82) is 0 Å². The number of benzene rings is 1. The summed E-state index contributed by atoms with van der Waals surface area (Å²) in [7, 11) is 0. The molecule has 1 atom stereocenters. The molecule has 1 aromatic carbocycles. The first-order valence-electron chi connectivity index (χ1n) is 5.65. The van der Waals surface area contributed by atoms with Gasteiger partial charge in [0.25, 0.3) is 0 Å². The van der Waals surface area contributed by atoms with Gasteiger partial charge in [-0.1, -0.05) is 36.4 Å². The molecule has 0 radical (unpaired) electrons.